The summed E-state index contributed by atoms with van der Waals surface area (Å²) in [5, 5.41) is 10.8. The molecule has 0 atom stereocenters. The molecular weight excluding hydrogens is 348 g/mol. The topological polar surface area (TPSA) is 99.4 Å². The number of aromatic nitrogens is 3. The number of hydrogen-bond donors (Lipinski definition) is 1. The molecular formula is C19H20N4O4. The fraction of sp³-hybridized carbons (Fsp3) is 0.263. The van der Waals surface area contributed by atoms with Gasteiger partial charge in [-0.2, -0.15) is 0 Å². The smallest absolute Gasteiger partial charge is 0.266 e. The quantitative estimate of drug-likeness (QED) is 0.652. The molecule has 0 spiro atoms. The van der Waals surface area contributed by atoms with Crippen molar-refractivity contribution in [2.75, 3.05) is 14.2 Å². The van der Waals surface area contributed by atoms with Gasteiger partial charge in [-0.05, 0) is 29.8 Å². The van der Waals surface area contributed by atoms with Gasteiger partial charge in [-0.15, -0.1) is 10.2 Å². The third-order valence-corrected chi connectivity index (χ3v) is 3.85. The Balaban J connectivity index is 1.50. The van der Waals surface area contributed by atoms with Crippen LogP contribution in [-0.2, 0) is 17.8 Å². The minimum atomic E-state index is -0.109. The first-order chi connectivity index (χ1) is 13.2. The van der Waals surface area contributed by atoms with Crippen molar-refractivity contribution in [1.82, 2.24) is 20.5 Å². The lowest BCUT2D eigenvalue weighted by Crippen LogP contribution is -2.23. The van der Waals surface area contributed by atoms with Gasteiger partial charge in [0, 0.05) is 25.6 Å². The number of ether oxygens (including phenoxy) is 2. The number of hydrogen-bond acceptors (Lipinski definition) is 7. The molecule has 0 saturated carbocycles. The molecule has 8 heteroatoms. The molecule has 0 saturated heterocycles. The van der Waals surface area contributed by atoms with Crippen molar-refractivity contribution >= 4 is 5.91 Å². The van der Waals surface area contributed by atoms with Crippen molar-refractivity contribution in [1.29, 1.82) is 0 Å². The van der Waals surface area contributed by atoms with Crippen molar-refractivity contribution in [3.8, 4) is 23.1 Å². The number of nitrogens with zero attached hydrogens (tertiary/aromatic N) is 3. The molecule has 2 aromatic heterocycles. The number of aryl methyl sites for hydroxylation is 1. The van der Waals surface area contributed by atoms with Crippen molar-refractivity contribution in [3.63, 3.8) is 0 Å². The highest BCUT2D eigenvalue weighted by molar-refractivity contribution is 5.76. The molecule has 3 rings (SSSR count). The van der Waals surface area contributed by atoms with Gasteiger partial charge in [-0.1, -0.05) is 12.1 Å². The van der Waals surface area contributed by atoms with E-state index >= 15 is 0 Å². The van der Waals surface area contributed by atoms with Crippen molar-refractivity contribution in [3.05, 3.63) is 54.0 Å². The molecule has 0 radical (unpaired) electrons. The van der Waals surface area contributed by atoms with E-state index in [1.807, 2.05) is 24.3 Å². The maximum atomic E-state index is 12.1. The molecule has 0 aliphatic rings. The molecule has 3 aromatic rings. The number of carbonyl (C=O) groups is 1. The molecule has 0 aliphatic heterocycles. The average Bonchev–Trinajstić information content (AvgIpc) is 3.20. The molecule has 140 valence electrons. The highest BCUT2D eigenvalue weighted by Crippen LogP contribution is 2.27. The van der Waals surface area contributed by atoms with E-state index in [1.165, 1.54) is 0 Å². The summed E-state index contributed by atoms with van der Waals surface area (Å²) in [6.45, 7) is 0.391. The Labute approximate surface area is 156 Å². The molecule has 0 unspecified atom stereocenters. The summed E-state index contributed by atoms with van der Waals surface area (Å²) < 4.78 is 16.0. The summed E-state index contributed by atoms with van der Waals surface area (Å²) in [5.41, 5.74) is 1.52. The predicted octanol–water partition coefficient (Wildman–Crippen LogP) is 2.40. The summed E-state index contributed by atoms with van der Waals surface area (Å²) in [5.74, 6) is 1.90. The van der Waals surface area contributed by atoms with Gasteiger partial charge in [-0.25, -0.2) is 0 Å². The Kier molecular flexibility index (Phi) is 5.98. The summed E-state index contributed by atoms with van der Waals surface area (Å²) in [4.78, 5) is 16.2. The predicted molar refractivity (Wildman–Crippen MR) is 97.2 cm³/mol. The number of nitrogens with one attached hydrogen (secondary N) is 1. The number of methoxy groups -OCH3 is 2. The van der Waals surface area contributed by atoms with Crippen LogP contribution < -0.4 is 14.8 Å². The van der Waals surface area contributed by atoms with Gasteiger partial charge < -0.3 is 19.2 Å². The summed E-state index contributed by atoms with van der Waals surface area (Å²) >= 11 is 0. The lowest BCUT2D eigenvalue weighted by molar-refractivity contribution is -0.121. The molecule has 2 heterocycles. The highest BCUT2D eigenvalue weighted by Gasteiger charge is 2.11. The van der Waals surface area contributed by atoms with Gasteiger partial charge in [0.25, 0.3) is 5.89 Å². The zero-order chi connectivity index (χ0) is 19.1. The van der Waals surface area contributed by atoms with Crippen LogP contribution in [0.15, 0.2) is 47.0 Å². The normalized spacial score (nSPS) is 10.4. The largest absolute Gasteiger partial charge is 0.493 e. The molecule has 1 amide bonds. The minimum Gasteiger partial charge on any atom is -0.493 e. The lowest BCUT2D eigenvalue weighted by atomic mass is 10.2. The van der Waals surface area contributed by atoms with E-state index in [-0.39, 0.29) is 12.3 Å². The van der Waals surface area contributed by atoms with Gasteiger partial charge in [0.2, 0.25) is 11.8 Å². The van der Waals surface area contributed by atoms with E-state index in [9.17, 15) is 4.79 Å². The van der Waals surface area contributed by atoms with Gasteiger partial charge in [-0.3, -0.25) is 9.78 Å². The Morgan fingerprint density at radius 3 is 2.70 bits per heavy atom. The van der Waals surface area contributed by atoms with Crippen LogP contribution in [-0.4, -0.2) is 35.3 Å². The summed E-state index contributed by atoms with van der Waals surface area (Å²) in [7, 11) is 3.15. The van der Waals surface area contributed by atoms with E-state index in [4.69, 9.17) is 13.9 Å². The van der Waals surface area contributed by atoms with Crippen molar-refractivity contribution in [2.45, 2.75) is 19.4 Å². The highest BCUT2D eigenvalue weighted by atomic mass is 16.5. The minimum absolute atomic E-state index is 0.109. The number of carbonyl (C=O) groups excluding carboxylic acids is 1. The van der Waals surface area contributed by atoms with Gasteiger partial charge in [0.05, 0.1) is 14.2 Å². The Morgan fingerprint density at radius 2 is 1.96 bits per heavy atom. The zero-order valence-corrected chi connectivity index (χ0v) is 15.1. The molecule has 1 N–H and O–H groups in total. The van der Waals surface area contributed by atoms with Crippen LogP contribution in [0, 0.1) is 0 Å². The first-order valence-corrected chi connectivity index (χ1v) is 8.41. The van der Waals surface area contributed by atoms with E-state index in [2.05, 4.69) is 20.5 Å². The van der Waals surface area contributed by atoms with Crippen LogP contribution in [0.4, 0.5) is 0 Å². The van der Waals surface area contributed by atoms with Crippen LogP contribution >= 0.6 is 0 Å². The van der Waals surface area contributed by atoms with Gasteiger partial charge in [0.15, 0.2) is 11.5 Å². The second-order valence-electron chi connectivity index (χ2n) is 5.68. The van der Waals surface area contributed by atoms with Gasteiger partial charge in [0.1, 0.15) is 5.69 Å². The zero-order valence-electron chi connectivity index (χ0n) is 15.1. The molecule has 1 aromatic carbocycles. The van der Waals surface area contributed by atoms with E-state index in [0.717, 1.165) is 5.56 Å². The Hall–Kier alpha value is -3.42. The number of amides is 1. The van der Waals surface area contributed by atoms with Crippen LogP contribution in [0.25, 0.3) is 11.6 Å². The first-order valence-electron chi connectivity index (χ1n) is 8.41. The fourth-order valence-electron chi connectivity index (χ4n) is 2.45. The number of benzene rings is 1. The molecule has 0 aliphatic carbocycles. The standard InChI is InChI=1S/C19H20N4O4/c1-25-15-7-6-13(11-16(15)26-2)12-21-17(24)8-9-18-22-23-19(27-18)14-5-3-4-10-20-14/h3-7,10-11H,8-9,12H2,1-2H3,(H,21,24). The van der Waals surface area contributed by atoms with Crippen molar-refractivity contribution in [2.24, 2.45) is 0 Å². The third-order valence-electron chi connectivity index (χ3n) is 3.85. The molecule has 27 heavy (non-hydrogen) atoms. The molecule has 8 nitrogen and oxygen atoms in total. The van der Waals surface area contributed by atoms with Crippen molar-refractivity contribution < 1.29 is 18.7 Å². The monoisotopic (exact) mass is 368 g/mol. The van der Waals surface area contributed by atoms with E-state index < -0.39 is 0 Å². The number of pyridine rings is 1. The average molecular weight is 368 g/mol. The fourth-order valence-corrected chi connectivity index (χ4v) is 2.45. The first kappa shape index (κ1) is 18.4. The van der Waals surface area contributed by atoms with Crippen LogP contribution in [0.3, 0.4) is 0 Å². The summed E-state index contributed by atoms with van der Waals surface area (Å²) in [6.07, 6.45) is 2.26. The maximum Gasteiger partial charge on any atom is 0.266 e. The van der Waals surface area contributed by atoms with E-state index in [1.54, 1.807) is 32.5 Å². The Bertz CT molecular complexity index is 896. The maximum absolute atomic E-state index is 12.1. The van der Waals surface area contributed by atoms with Crippen LogP contribution in [0.5, 0.6) is 11.5 Å². The molecule has 0 bridgehead atoms. The second-order valence-corrected chi connectivity index (χ2v) is 5.68. The Morgan fingerprint density at radius 1 is 1.11 bits per heavy atom. The third kappa shape index (κ3) is 4.81. The van der Waals surface area contributed by atoms with Crippen LogP contribution in [0.2, 0.25) is 0 Å². The second kappa shape index (κ2) is 8.79. The van der Waals surface area contributed by atoms with Gasteiger partial charge >= 0.3 is 0 Å². The van der Waals surface area contributed by atoms with E-state index in [0.29, 0.717) is 41.9 Å². The SMILES string of the molecule is COc1ccc(CNC(=O)CCc2nnc(-c3ccccn3)o2)cc1OC. The lowest BCUT2D eigenvalue weighted by Gasteiger charge is -2.10. The summed E-state index contributed by atoms with van der Waals surface area (Å²) in [6, 6.07) is 10.9. The number of rotatable bonds is 8. The molecule has 0 fully saturated rings. The van der Waals surface area contributed by atoms with Crippen LogP contribution in [0.1, 0.15) is 17.9 Å².